The highest BCUT2D eigenvalue weighted by Gasteiger charge is 2.10. The molecule has 0 atom stereocenters. The highest BCUT2D eigenvalue weighted by molar-refractivity contribution is 7.15. The Morgan fingerprint density at radius 3 is 3.11 bits per heavy atom. The molecule has 0 amide bonds. The Labute approximate surface area is 109 Å². The molecule has 0 N–H and O–H groups in total. The second-order valence-corrected chi connectivity index (χ2v) is 4.53. The smallest absolute Gasteiger partial charge is 0.348 e. The van der Waals surface area contributed by atoms with E-state index in [1.807, 2.05) is 10.8 Å². The highest BCUT2D eigenvalue weighted by atomic mass is 32.1. The predicted octanol–water partition coefficient (Wildman–Crippen LogP) is 2.20. The fourth-order valence-corrected chi connectivity index (χ4v) is 2.15. The third kappa shape index (κ3) is 3.33. The Morgan fingerprint density at radius 1 is 1.50 bits per heavy atom. The maximum Gasteiger partial charge on any atom is 0.348 e. The van der Waals surface area contributed by atoms with Gasteiger partial charge in [-0.1, -0.05) is 11.3 Å². The fourth-order valence-electron chi connectivity index (χ4n) is 1.38. The van der Waals surface area contributed by atoms with Crippen molar-refractivity contribution in [3.63, 3.8) is 0 Å². The van der Waals surface area contributed by atoms with Gasteiger partial charge in [0.15, 0.2) is 5.06 Å². The molecule has 0 saturated carbocycles. The molecule has 6 heteroatoms. The van der Waals surface area contributed by atoms with Crippen LogP contribution in [0.25, 0.3) is 0 Å². The van der Waals surface area contributed by atoms with Crippen LogP contribution >= 0.6 is 11.3 Å². The van der Waals surface area contributed by atoms with Crippen LogP contribution in [-0.2, 0) is 11.3 Å². The normalized spacial score (nSPS) is 10.3. The fraction of sp³-hybridized carbons (Fsp3) is 0.333. The lowest BCUT2D eigenvalue weighted by atomic mass is 10.5. The van der Waals surface area contributed by atoms with Gasteiger partial charge >= 0.3 is 5.97 Å². The Hall–Kier alpha value is -1.82. The van der Waals surface area contributed by atoms with Crippen molar-refractivity contribution in [1.82, 2.24) is 9.55 Å². The quantitative estimate of drug-likeness (QED) is 0.752. The van der Waals surface area contributed by atoms with Crippen LogP contribution in [0, 0.1) is 0 Å². The first-order valence-corrected chi connectivity index (χ1v) is 6.46. The third-order valence-electron chi connectivity index (χ3n) is 2.21. The first-order valence-electron chi connectivity index (χ1n) is 5.65. The topological polar surface area (TPSA) is 53.4 Å². The van der Waals surface area contributed by atoms with Crippen LogP contribution in [-0.4, -0.2) is 28.7 Å². The minimum absolute atomic E-state index is 0.299. The molecule has 0 radical (unpaired) electrons. The van der Waals surface area contributed by atoms with Crippen LogP contribution in [0.15, 0.2) is 30.9 Å². The first-order chi connectivity index (χ1) is 8.79. The van der Waals surface area contributed by atoms with Gasteiger partial charge in [-0.05, 0) is 19.1 Å². The zero-order valence-electron chi connectivity index (χ0n) is 10.0. The molecule has 0 bridgehead atoms. The van der Waals surface area contributed by atoms with E-state index in [0.717, 1.165) is 11.6 Å². The molecule has 2 aromatic heterocycles. The van der Waals surface area contributed by atoms with E-state index < -0.39 is 0 Å². The molecule has 96 valence electrons. The molecule has 0 fully saturated rings. The summed E-state index contributed by atoms with van der Waals surface area (Å²) in [7, 11) is 0. The van der Waals surface area contributed by atoms with Gasteiger partial charge in [-0.2, -0.15) is 0 Å². The lowest BCUT2D eigenvalue weighted by Crippen LogP contribution is -2.05. The molecule has 2 heterocycles. The van der Waals surface area contributed by atoms with Crippen LogP contribution in [0.1, 0.15) is 16.6 Å². The molecule has 2 aromatic rings. The number of carbonyl (C=O) groups excluding carboxylic acids is 1. The molecule has 2 rings (SSSR count). The molecular formula is C12H14N2O3S. The number of ether oxygens (including phenoxy) is 2. The number of hydrogen-bond acceptors (Lipinski definition) is 5. The highest BCUT2D eigenvalue weighted by Crippen LogP contribution is 2.24. The molecule has 0 saturated heterocycles. The molecule has 0 aliphatic heterocycles. The van der Waals surface area contributed by atoms with Gasteiger partial charge in [0.25, 0.3) is 0 Å². The molecular weight excluding hydrogens is 252 g/mol. The van der Waals surface area contributed by atoms with E-state index in [-0.39, 0.29) is 5.97 Å². The summed E-state index contributed by atoms with van der Waals surface area (Å²) in [4.78, 5) is 15.9. The number of rotatable bonds is 6. The number of hydrogen-bond donors (Lipinski definition) is 0. The van der Waals surface area contributed by atoms with E-state index in [1.54, 1.807) is 31.6 Å². The second kappa shape index (κ2) is 6.20. The average Bonchev–Trinajstić information content (AvgIpc) is 3.00. The van der Waals surface area contributed by atoms with Crippen molar-refractivity contribution in [2.75, 3.05) is 13.2 Å². The largest absolute Gasteiger partial charge is 0.482 e. The van der Waals surface area contributed by atoms with Crippen LogP contribution in [0.5, 0.6) is 5.06 Å². The minimum atomic E-state index is -0.299. The third-order valence-corrected chi connectivity index (χ3v) is 3.19. The minimum Gasteiger partial charge on any atom is -0.482 e. The summed E-state index contributed by atoms with van der Waals surface area (Å²) in [6, 6.07) is 3.50. The van der Waals surface area contributed by atoms with E-state index >= 15 is 0 Å². The molecule has 0 aromatic carbocycles. The van der Waals surface area contributed by atoms with Crippen molar-refractivity contribution in [2.45, 2.75) is 13.5 Å². The zero-order valence-corrected chi connectivity index (χ0v) is 10.9. The van der Waals surface area contributed by atoms with Gasteiger partial charge in [0.1, 0.15) is 11.5 Å². The standard InChI is InChI=1S/C12H14N2O3S/c1-2-16-12(15)10-3-4-11(18-10)17-8-7-14-6-5-13-9-14/h3-6,9H,2,7-8H2,1H3. The maximum atomic E-state index is 11.4. The van der Waals surface area contributed by atoms with E-state index in [0.29, 0.717) is 18.1 Å². The zero-order chi connectivity index (χ0) is 12.8. The van der Waals surface area contributed by atoms with Crippen LogP contribution in [0.2, 0.25) is 0 Å². The summed E-state index contributed by atoms with van der Waals surface area (Å²) in [5, 5.41) is 0.721. The van der Waals surface area contributed by atoms with Gasteiger partial charge in [-0.3, -0.25) is 0 Å². The van der Waals surface area contributed by atoms with Gasteiger partial charge < -0.3 is 14.0 Å². The molecule has 5 nitrogen and oxygen atoms in total. The van der Waals surface area contributed by atoms with Crippen molar-refractivity contribution in [1.29, 1.82) is 0 Å². The maximum absolute atomic E-state index is 11.4. The molecule has 0 unspecified atom stereocenters. The second-order valence-electron chi connectivity index (χ2n) is 3.49. The van der Waals surface area contributed by atoms with Crippen molar-refractivity contribution in [3.05, 3.63) is 35.7 Å². The van der Waals surface area contributed by atoms with E-state index in [4.69, 9.17) is 9.47 Å². The Bertz CT molecular complexity index is 493. The number of aromatic nitrogens is 2. The van der Waals surface area contributed by atoms with Crippen molar-refractivity contribution < 1.29 is 14.3 Å². The summed E-state index contributed by atoms with van der Waals surface area (Å²) in [5.74, 6) is -0.299. The monoisotopic (exact) mass is 266 g/mol. The lowest BCUT2D eigenvalue weighted by Gasteiger charge is -2.03. The summed E-state index contributed by atoms with van der Waals surface area (Å²) in [6.45, 7) is 3.44. The van der Waals surface area contributed by atoms with Gasteiger partial charge in [-0.15, -0.1) is 0 Å². The summed E-state index contributed by atoms with van der Waals surface area (Å²) in [6.07, 6.45) is 5.34. The summed E-state index contributed by atoms with van der Waals surface area (Å²) >= 11 is 1.30. The summed E-state index contributed by atoms with van der Waals surface area (Å²) in [5.41, 5.74) is 0. The molecule has 0 spiro atoms. The lowest BCUT2D eigenvalue weighted by molar-refractivity contribution is 0.0532. The van der Waals surface area contributed by atoms with E-state index in [2.05, 4.69) is 4.98 Å². The Morgan fingerprint density at radius 2 is 2.39 bits per heavy atom. The number of esters is 1. The SMILES string of the molecule is CCOC(=O)c1ccc(OCCn2ccnc2)s1. The molecule has 18 heavy (non-hydrogen) atoms. The van der Waals surface area contributed by atoms with E-state index in [9.17, 15) is 4.79 Å². The van der Waals surface area contributed by atoms with E-state index in [1.165, 1.54) is 11.3 Å². The van der Waals surface area contributed by atoms with Gasteiger partial charge in [0.2, 0.25) is 0 Å². The number of nitrogens with zero attached hydrogens (tertiary/aromatic N) is 2. The van der Waals surface area contributed by atoms with Crippen molar-refractivity contribution in [3.8, 4) is 5.06 Å². The van der Waals surface area contributed by atoms with Gasteiger partial charge in [0, 0.05) is 12.4 Å². The van der Waals surface area contributed by atoms with Gasteiger partial charge in [-0.25, -0.2) is 9.78 Å². The van der Waals surface area contributed by atoms with Crippen molar-refractivity contribution >= 4 is 17.3 Å². The first kappa shape index (κ1) is 12.6. The summed E-state index contributed by atoms with van der Waals surface area (Å²) < 4.78 is 12.4. The van der Waals surface area contributed by atoms with Crippen LogP contribution < -0.4 is 4.74 Å². The number of carbonyl (C=O) groups is 1. The van der Waals surface area contributed by atoms with Gasteiger partial charge in [0.05, 0.1) is 19.5 Å². The Balaban J connectivity index is 1.81. The Kier molecular flexibility index (Phi) is 4.35. The van der Waals surface area contributed by atoms with Crippen molar-refractivity contribution in [2.24, 2.45) is 0 Å². The number of imidazole rings is 1. The number of thiophene rings is 1. The molecule has 0 aliphatic rings. The predicted molar refractivity (Wildman–Crippen MR) is 68.0 cm³/mol. The van der Waals surface area contributed by atoms with Crippen LogP contribution in [0.4, 0.5) is 0 Å². The van der Waals surface area contributed by atoms with Crippen LogP contribution in [0.3, 0.4) is 0 Å². The average molecular weight is 266 g/mol. The molecule has 0 aliphatic carbocycles.